The number of phenols is 1. The molecule has 0 fully saturated rings. The van der Waals surface area contributed by atoms with Crippen LogP contribution in [0.25, 0.3) is 0 Å². The number of phenolic OH excluding ortho intramolecular Hbond substituents is 1. The third kappa shape index (κ3) is 6.79. The predicted octanol–water partition coefficient (Wildman–Crippen LogP) is 8.21. The van der Waals surface area contributed by atoms with Crippen molar-refractivity contribution in [1.82, 2.24) is 0 Å². The SMILES string of the molecule is CC(C)=CCCC(C)=CCCC(C)=CCCC1CCc2c(C)c(O)c(C)c(C)c2O1. The van der Waals surface area contributed by atoms with Gasteiger partial charge in [0, 0.05) is 5.56 Å². The Hall–Kier alpha value is -1.96. The molecule has 2 rings (SSSR count). The standard InChI is InChI=1S/C28H42O2/c1-19(2)11-8-12-20(3)13-9-14-21(4)15-10-16-25-17-18-26-24(7)27(29)22(5)23(6)28(26)30-25/h11,13,15,25,29H,8-10,12,14,16-18H2,1-7H3. The van der Waals surface area contributed by atoms with Gasteiger partial charge in [-0.2, -0.15) is 0 Å². The number of fused-ring (bicyclic) bond motifs is 1. The van der Waals surface area contributed by atoms with Crippen LogP contribution < -0.4 is 4.74 Å². The number of ether oxygens (including phenoxy) is 1. The molecular weight excluding hydrogens is 368 g/mol. The Balaban J connectivity index is 1.80. The maximum atomic E-state index is 10.3. The van der Waals surface area contributed by atoms with Crippen LogP contribution in [0, 0.1) is 20.8 Å². The Kier molecular flexibility index (Phi) is 9.27. The van der Waals surface area contributed by atoms with E-state index in [-0.39, 0.29) is 6.10 Å². The van der Waals surface area contributed by atoms with E-state index >= 15 is 0 Å². The maximum Gasteiger partial charge on any atom is 0.126 e. The molecule has 1 unspecified atom stereocenters. The van der Waals surface area contributed by atoms with E-state index in [4.69, 9.17) is 4.74 Å². The molecule has 166 valence electrons. The first kappa shape index (κ1) is 24.3. The molecule has 1 atom stereocenters. The van der Waals surface area contributed by atoms with Gasteiger partial charge < -0.3 is 9.84 Å². The van der Waals surface area contributed by atoms with Crippen LogP contribution >= 0.6 is 0 Å². The summed E-state index contributed by atoms with van der Waals surface area (Å²) in [6, 6.07) is 0. The minimum Gasteiger partial charge on any atom is -0.507 e. The van der Waals surface area contributed by atoms with Crippen LogP contribution in [0.1, 0.15) is 94.9 Å². The molecule has 0 aliphatic carbocycles. The van der Waals surface area contributed by atoms with Crippen molar-refractivity contribution in [2.24, 2.45) is 0 Å². The van der Waals surface area contributed by atoms with Crippen LogP contribution in [0.2, 0.25) is 0 Å². The Labute approximate surface area is 184 Å². The topological polar surface area (TPSA) is 29.5 Å². The first-order chi connectivity index (χ1) is 14.2. The highest BCUT2D eigenvalue weighted by molar-refractivity contribution is 5.58. The number of rotatable bonds is 9. The molecule has 2 nitrogen and oxygen atoms in total. The highest BCUT2D eigenvalue weighted by atomic mass is 16.5. The second kappa shape index (κ2) is 11.4. The first-order valence-electron chi connectivity index (χ1n) is 11.6. The Morgan fingerprint density at radius 2 is 1.47 bits per heavy atom. The number of aromatic hydroxyl groups is 1. The zero-order chi connectivity index (χ0) is 22.3. The van der Waals surface area contributed by atoms with Crippen LogP contribution in [0.15, 0.2) is 34.9 Å². The summed E-state index contributed by atoms with van der Waals surface area (Å²) in [4.78, 5) is 0. The fourth-order valence-corrected chi connectivity index (χ4v) is 4.22. The molecule has 1 N–H and O–H groups in total. The molecule has 2 heteroatoms. The third-order valence-electron chi connectivity index (χ3n) is 6.45. The molecule has 0 aromatic heterocycles. The van der Waals surface area contributed by atoms with Crippen LogP contribution in [-0.2, 0) is 6.42 Å². The monoisotopic (exact) mass is 410 g/mol. The lowest BCUT2D eigenvalue weighted by Gasteiger charge is -2.30. The fourth-order valence-electron chi connectivity index (χ4n) is 4.22. The number of benzene rings is 1. The highest BCUT2D eigenvalue weighted by Crippen LogP contribution is 2.41. The zero-order valence-electron chi connectivity index (χ0n) is 20.3. The van der Waals surface area contributed by atoms with Crippen LogP contribution in [0.4, 0.5) is 0 Å². The fraction of sp³-hybridized carbons (Fsp3) is 0.571. The van der Waals surface area contributed by atoms with Crippen molar-refractivity contribution in [3.05, 3.63) is 57.2 Å². The summed E-state index contributed by atoms with van der Waals surface area (Å²) in [6.07, 6.45) is 16.2. The van der Waals surface area contributed by atoms with Crippen molar-refractivity contribution in [2.45, 2.75) is 106 Å². The van der Waals surface area contributed by atoms with Gasteiger partial charge in [0.2, 0.25) is 0 Å². The van der Waals surface area contributed by atoms with Gasteiger partial charge in [0.25, 0.3) is 0 Å². The minimum atomic E-state index is 0.279. The summed E-state index contributed by atoms with van der Waals surface area (Å²) in [5.41, 5.74) is 8.62. The lowest BCUT2D eigenvalue weighted by Crippen LogP contribution is -2.24. The normalized spacial score (nSPS) is 16.8. The van der Waals surface area contributed by atoms with E-state index in [0.717, 1.165) is 67.4 Å². The van der Waals surface area contributed by atoms with Crippen molar-refractivity contribution in [1.29, 1.82) is 0 Å². The number of hydrogen-bond donors (Lipinski definition) is 1. The molecule has 30 heavy (non-hydrogen) atoms. The summed E-state index contributed by atoms with van der Waals surface area (Å²) < 4.78 is 6.37. The van der Waals surface area contributed by atoms with Gasteiger partial charge in [-0.05, 0) is 117 Å². The van der Waals surface area contributed by atoms with Crippen molar-refractivity contribution in [2.75, 3.05) is 0 Å². The van der Waals surface area contributed by atoms with Gasteiger partial charge in [0.15, 0.2) is 0 Å². The van der Waals surface area contributed by atoms with E-state index in [1.54, 1.807) is 0 Å². The van der Waals surface area contributed by atoms with Crippen LogP contribution in [0.5, 0.6) is 11.5 Å². The molecule has 0 bridgehead atoms. The molecule has 1 aliphatic rings. The summed E-state index contributed by atoms with van der Waals surface area (Å²) in [7, 11) is 0. The van der Waals surface area contributed by atoms with E-state index in [1.165, 1.54) is 28.7 Å². The molecule has 0 saturated carbocycles. The van der Waals surface area contributed by atoms with Gasteiger partial charge >= 0.3 is 0 Å². The molecular formula is C28H42O2. The summed E-state index contributed by atoms with van der Waals surface area (Å²) >= 11 is 0. The molecule has 1 aromatic rings. The van der Waals surface area contributed by atoms with Gasteiger partial charge in [-0.3, -0.25) is 0 Å². The van der Waals surface area contributed by atoms with E-state index in [0.29, 0.717) is 5.75 Å². The van der Waals surface area contributed by atoms with Crippen molar-refractivity contribution < 1.29 is 9.84 Å². The van der Waals surface area contributed by atoms with Crippen molar-refractivity contribution in [3.63, 3.8) is 0 Å². The van der Waals surface area contributed by atoms with Gasteiger partial charge in [0.1, 0.15) is 11.5 Å². The quantitative estimate of drug-likeness (QED) is 0.416. The molecule has 0 saturated heterocycles. The average Bonchev–Trinajstić information content (AvgIpc) is 2.70. The minimum absolute atomic E-state index is 0.279. The van der Waals surface area contributed by atoms with E-state index in [9.17, 15) is 5.11 Å². The Bertz CT molecular complexity index is 820. The highest BCUT2D eigenvalue weighted by Gasteiger charge is 2.25. The molecule has 1 aliphatic heterocycles. The Morgan fingerprint density at radius 3 is 2.10 bits per heavy atom. The number of hydrogen-bond acceptors (Lipinski definition) is 2. The molecule has 0 amide bonds. The lowest BCUT2D eigenvalue weighted by atomic mass is 9.90. The predicted molar refractivity (Wildman–Crippen MR) is 130 cm³/mol. The summed E-state index contributed by atoms with van der Waals surface area (Å²) in [5.74, 6) is 1.46. The van der Waals surface area contributed by atoms with Crippen LogP contribution in [-0.4, -0.2) is 11.2 Å². The first-order valence-corrected chi connectivity index (χ1v) is 11.6. The molecule has 1 heterocycles. The van der Waals surface area contributed by atoms with E-state index < -0.39 is 0 Å². The van der Waals surface area contributed by atoms with E-state index in [1.807, 2.05) is 13.8 Å². The van der Waals surface area contributed by atoms with Gasteiger partial charge in [-0.15, -0.1) is 0 Å². The van der Waals surface area contributed by atoms with Crippen molar-refractivity contribution >= 4 is 0 Å². The maximum absolute atomic E-state index is 10.3. The largest absolute Gasteiger partial charge is 0.507 e. The third-order valence-corrected chi connectivity index (χ3v) is 6.45. The van der Waals surface area contributed by atoms with Gasteiger partial charge in [0.05, 0.1) is 6.10 Å². The van der Waals surface area contributed by atoms with Crippen molar-refractivity contribution in [3.8, 4) is 11.5 Å². The molecule has 1 aromatic carbocycles. The lowest BCUT2D eigenvalue weighted by molar-refractivity contribution is 0.163. The summed E-state index contributed by atoms with van der Waals surface area (Å²) in [5, 5.41) is 10.3. The second-order valence-corrected chi connectivity index (χ2v) is 9.35. The van der Waals surface area contributed by atoms with Crippen LogP contribution in [0.3, 0.4) is 0 Å². The van der Waals surface area contributed by atoms with Gasteiger partial charge in [-0.25, -0.2) is 0 Å². The van der Waals surface area contributed by atoms with Gasteiger partial charge in [-0.1, -0.05) is 34.9 Å². The number of allylic oxidation sites excluding steroid dienone is 6. The molecule has 0 radical (unpaired) electrons. The summed E-state index contributed by atoms with van der Waals surface area (Å²) in [6.45, 7) is 14.9. The smallest absolute Gasteiger partial charge is 0.126 e. The Morgan fingerprint density at radius 1 is 0.867 bits per heavy atom. The molecule has 0 spiro atoms. The second-order valence-electron chi connectivity index (χ2n) is 9.35. The van der Waals surface area contributed by atoms with E-state index in [2.05, 4.69) is 52.8 Å². The average molecular weight is 411 g/mol. The zero-order valence-corrected chi connectivity index (χ0v) is 20.3.